The number of nitrogens with two attached hydrogens (primary N) is 1. The molecular formula is C5H9N3. The molecule has 0 aliphatic carbocycles. The Balaban J connectivity index is 3.14. The number of aromatic nitrogens is 2. The van der Waals surface area contributed by atoms with Gasteiger partial charge < -0.3 is 5.73 Å². The maximum Gasteiger partial charge on any atom is 0.148 e. The molecule has 0 unspecified atom stereocenters. The van der Waals surface area contributed by atoms with E-state index < -0.39 is 0 Å². The van der Waals surface area contributed by atoms with Crippen LogP contribution in [0.2, 0.25) is 0 Å². The lowest BCUT2D eigenvalue weighted by molar-refractivity contribution is 0.771. The van der Waals surface area contributed by atoms with E-state index in [1.165, 1.54) is 0 Å². The average molecular weight is 111 g/mol. The predicted molar refractivity (Wildman–Crippen MR) is 32.4 cm³/mol. The maximum atomic E-state index is 5.41. The first kappa shape index (κ1) is 5.15. The molecule has 0 saturated heterocycles. The molecule has 8 heavy (non-hydrogen) atoms. The molecule has 0 amide bonds. The first-order chi connectivity index (χ1) is 3.70. The van der Waals surface area contributed by atoms with E-state index >= 15 is 0 Å². The Kier molecular flexibility index (Phi) is 0.970. The van der Waals surface area contributed by atoms with Gasteiger partial charge in [0, 0.05) is 18.8 Å². The molecule has 2 N–H and O–H groups in total. The highest BCUT2D eigenvalue weighted by atomic mass is 15.3. The minimum atomic E-state index is 0.618. The number of nitrogens with zero attached hydrogens (tertiary/aromatic N) is 2. The molecule has 0 atom stereocenters. The topological polar surface area (TPSA) is 43.8 Å². The lowest BCUT2D eigenvalue weighted by atomic mass is 10.4. The van der Waals surface area contributed by atoms with Gasteiger partial charge in [0.1, 0.15) is 5.82 Å². The molecule has 0 fully saturated rings. The molecule has 3 heteroatoms. The second-order valence-electron chi connectivity index (χ2n) is 1.87. The number of nitrogen functional groups attached to an aromatic ring is 1. The molecule has 0 saturated carbocycles. The summed E-state index contributed by atoms with van der Waals surface area (Å²) < 4.78 is 1.70. The van der Waals surface area contributed by atoms with Crippen molar-refractivity contribution in [2.75, 3.05) is 5.73 Å². The Morgan fingerprint density at radius 1 is 1.75 bits per heavy atom. The predicted octanol–water partition coefficient (Wildman–Crippen LogP) is 0.311. The zero-order valence-electron chi connectivity index (χ0n) is 5.05. The molecule has 3 nitrogen and oxygen atoms in total. The highest BCUT2D eigenvalue weighted by Gasteiger charge is 1.93. The van der Waals surface area contributed by atoms with Crippen LogP contribution >= 0.6 is 0 Å². The van der Waals surface area contributed by atoms with E-state index in [4.69, 9.17) is 5.73 Å². The van der Waals surface area contributed by atoms with E-state index in [9.17, 15) is 0 Å². The van der Waals surface area contributed by atoms with E-state index in [0.717, 1.165) is 5.56 Å². The Morgan fingerprint density at radius 2 is 2.38 bits per heavy atom. The van der Waals surface area contributed by atoms with Crippen molar-refractivity contribution < 1.29 is 0 Å². The van der Waals surface area contributed by atoms with Crippen LogP contribution in [-0.2, 0) is 7.05 Å². The number of anilines is 1. The summed E-state index contributed by atoms with van der Waals surface area (Å²) in [4.78, 5) is 0. The van der Waals surface area contributed by atoms with E-state index in [0.29, 0.717) is 5.82 Å². The highest BCUT2D eigenvalue weighted by molar-refractivity contribution is 5.35. The number of hydrogen-bond acceptors (Lipinski definition) is 2. The zero-order valence-corrected chi connectivity index (χ0v) is 5.05. The van der Waals surface area contributed by atoms with Gasteiger partial charge in [0.2, 0.25) is 0 Å². The molecule has 1 rings (SSSR count). The second-order valence-corrected chi connectivity index (χ2v) is 1.87. The quantitative estimate of drug-likeness (QED) is 0.523. The van der Waals surface area contributed by atoms with Crippen LogP contribution in [0.5, 0.6) is 0 Å². The third-order valence-electron chi connectivity index (χ3n) is 1.05. The minimum absolute atomic E-state index is 0.618. The van der Waals surface area contributed by atoms with Crippen molar-refractivity contribution in [2.45, 2.75) is 6.92 Å². The van der Waals surface area contributed by atoms with Gasteiger partial charge in [-0.15, -0.1) is 0 Å². The van der Waals surface area contributed by atoms with Crippen molar-refractivity contribution in [1.29, 1.82) is 0 Å². The number of aryl methyl sites for hydroxylation is 2. The molecule has 0 aliphatic heterocycles. The Bertz CT molecular complexity index is 170. The summed E-state index contributed by atoms with van der Waals surface area (Å²) in [6.07, 6.45) is 1.88. The molecule has 0 bridgehead atoms. The van der Waals surface area contributed by atoms with Crippen LogP contribution < -0.4 is 5.73 Å². The third-order valence-corrected chi connectivity index (χ3v) is 1.05. The number of rotatable bonds is 0. The van der Waals surface area contributed by atoms with Crippen molar-refractivity contribution >= 4 is 5.82 Å². The van der Waals surface area contributed by atoms with Crippen LogP contribution in [0.15, 0.2) is 6.20 Å². The van der Waals surface area contributed by atoms with Gasteiger partial charge in [-0.2, -0.15) is 5.10 Å². The summed E-state index contributed by atoms with van der Waals surface area (Å²) in [6.45, 7) is 1.93. The first-order valence-corrected chi connectivity index (χ1v) is 2.46. The molecule has 0 aromatic carbocycles. The summed E-state index contributed by atoms with van der Waals surface area (Å²) in [7, 11) is 1.85. The van der Waals surface area contributed by atoms with Crippen molar-refractivity contribution in [2.24, 2.45) is 7.05 Å². The summed E-state index contributed by atoms with van der Waals surface area (Å²) in [5.74, 6) is 0.618. The van der Waals surface area contributed by atoms with Crippen molar-refractivity contribution in [3.8, 4) is 0 Å². The number of hydrogen-bond donors (Lipinski definition) is 1. The van der Waals surface area contributed by atoms with E-state index in [1.807, 2.05) is 20.2 Å². The van der Waals surface area contributed by atoms with E-state index in [1.54, 1.807) is 4.68 Å². The monoisotopic (exact) mass is 111 g/mol. The van der Waals surface area contributed by atoms with Crippen LogP contribution in [0.1, 0.15) is 5.56 Å². The largest absolute Gasteiger partial charge is 0.382 e. The molecule has 0 radical (unpaired) electrons. The average Bonchev–Trinajstić information content (AvgIpc) is 1.85. The second kappa shape index (κ2) is 1.51. The fourth-order valence-corrected chi connectivity index (χ4v) is 0.624. The molecule has 1 aromatic rings. The molecule has 1 heterocycles. The van der Waals surface area contributed by atoms with Crippen LogP contribution in [-0.4, -0.2) is 9.78 Å². The lowest BCUT2D eigenvalue weighted by Crippen LogP contribution is -1.90. The zero-order chi connectivity index (χ0) is 6.15. The standard InChI is InChI=1S/C5H9N3/c1-4-3-8(2)7-5(4)6/h3H,1-2H3,(H2,6,7). The molecule has 44 valence electrons. The van der Waals surface area contributed by atoms with Gasteiger partial charge in [0.25, 0.3) is 0 Å². The normalized spacial score (nSPS) is 9.75. The van der Waals surface area contributed by atoms with Gasteiger partial charge in [0.05, 0.1) is 0 Å². The molecule has 0 aliphatic rings. The van der Waals surface area contributed by atoms with Gasteiger partial charge in [-0.3, -0.25) is 4.68 Å². The van der Waals surface area contributed by atoms with Crippen LogP contribution in [0.25, 0.3) is 0 Å². The van der Waals surface area contributed by atoms with Crippen LogP contribution in [0.3, 0.4) is 0 Å². The van der Waals surface area contributed by atoms with Crippen molar-refractivity contribution in [3.63, 3.8) is 0 Å². The minimum Gasteiger partial charge on any atom is -0.382 e. The van der Waals surface area contributed by atoms with Crippen LogP contribution in [0.4, 0.5) is 5.82 Å². The smallest absolute Gasteiger partial charge is 0.148 e. The van der Waals surface area contributed by atoms with Gasteiger partial charge in [-0.05, 0) is 6.92 Å². The van der Waals surface area contributed by atoms with Crippen molar-refractivity contribution in [3.05, 3.63) is 11.8 Å². The fourth-order valence-electron chi connectivity index (χ4n) is 0.624. The summed E-state index contributed by atoms with van der Waals surface area (Å²) >= 11 is 0. The van der Waals surface area contributed by atoms with Gasteiger partial charge >= 0.3 is 0 Å². The van der Waals surface area contributed by atoms with Gasteiger partial charge in [-0.1, -0.05) is 0 Å². The SMILES string of the molecule is Cc1cn(C)nc1N. The van der Waals surface area contributed by atoms with E-state index in [-0.39, 0.29) is 0 Å². The Morgan fingerprint density at radius 3 is 2.50 bits per heavy atom. The van der Waals surface area contributed by atoms with Crippen LogP contribution in [0, 0.1) is 6.92 Å². The third kappa shape index (κ3) is 0.665. The van der Waals surface area contributed by atoms with E-state index in [2.05, 4.69) is 5.10 Å². The summed E-state index contributed by atoms with van der Waals surface area (Å²) in [5, 5.41) is 3.91. The molecule has 1 aromatic heterocycles. The highest BCUT2D eigenvalue weighted by Crippen LogP contribution is 2.03. The van der Waals surface area contributed by atoms with Gasteiger partial charge in [0.15, 0.2) is 0 Å². The summed E-state index contributed by atoms with van der Waals surface area (Å²) in [5.41, 5.74) is 6.44. The molecular weight excluding hydrogens is 102 g/mol. The Hall–Kier alpha value is -0.990. The molecule has 0 spiro atoms. The van der Waals surface area contributed by atoms with Crippen molar-refractivity contribution in [1.82, 2.24) is 9.78 Å². The summed E-state index contributed by atoms with van der Waals surface area (Å²) in [6, 6.07) is 0. The van der Waals surface area contributed by atoms with Gasteiger partial charge in [-0.25, -0.2) is 0 Å². The Labute approximate surface area is 48.1 Å². The lowest BCUT2D eigenvalue weighted by Gasteiger charge is -1.80. The fraction of sp³-hybridized carbons (Fsp3) is 0.400. The maximum absolute atomic E-state index is 5.41. The first-order valence-electron chi connectivity index (χ1n) is 2.46.